The topological polar surface area (TPSA) is 49.3 Å². The Balaban J connectivity index is 2.29. The summed E-state index contributed by atoms with van der Waals surface area (Å²) in [6.45, 7) is 1.000. The quantitative estimate of drug-likeness (QED) is 0.730. The Hall–Kier alpha value is -0.870. The van der Waals surface area contributed by atoms with Gasteiger partial charge in [0.25, 0.3) is 0 Å². The van der Waals surface area contributed by atoms with Crippen molar-refractivity contribution in [2.24, 2.45) is 0 Å². The Morgan fingerprint density at radius 2 is 2.42 bits per heavy atom. The molecule has 2 N–H and O–H groups in total. The fourth-order valence-corrected chi connectivity index (χ4v) is 2.18. The van der Waals surface area contributed by atoms with Gasteiger partial charge in [-0.05, 0) is 23.9 Å². The van der Waals surface area contributed by atoms with Crippen LogP contribution < -0.4 is 5.32 Å². The third kappa shape index (κ3) is 1.13. The first kappa shape index (κ1) is 7.76. The third-order valence-electron chi connectivity index (χ3n) is 2.12. The number of nitrogens with one attached hydrogen (secondary N) is 1. The second kappa shape index (κ2) is 2.88. The SMILES string of the molecule is O=C(O)c1cscc1[C@H]1CCN1. The first-order valence-electron chi connectivity index (χ1n) is 3.82. The van der Waals surface area contributed by atoms with E-state index in [1.165, 1.54) is 11.3 Å². The molecule has 1 fully saturated rings. The van der Waals surface area contributed by atoms with Crippen molar-refractivity contribution in [1.29, 1.82) is 0 Å². The summed E-state index contributed by atoms with van der Waals surface area (Å²) >= 11 is 1.45. The minimum Gasteiger partial charge on any atom is -0.478 e. The molecule has 0 radical (unpaired) electrons. The molecule has 0 amide bonds. The van der Waals surface area contributed by atoms with Gasteiger partial charge in [0, 0.05) is 11.4 Å². The van der Waals surface area contributed by atoms with Gasteiger partial charge in [-0.15, -0.1) is 0 Å². The highest BCUT2D eigenvalue weighted by Crippen LogP contribution is 2.28. The van der Waals surface area contributed by atoms with Crippen LogP contribution in [-0.4, -0.2) is 17.6 Å². The van der Waals surface area contributed by atoms with Crippen LogP contribution in [0, 0.1) is 0 Å². The first-order chi connectivity index (χ1) is 5.79. The van der Waals surface area contributed by atoms with Crippen LogP contribution in [-0.2, 0) is 0 Å². The molecule has 4 heteroatoms. The number of carbonyl (C=O) groups is 1. The second-order valence-corrected chi connectivity index (χ2v) is 3.58. The summed E-state index contributed by atoms with van der Waals surface area (Å²) < 4.78 is 0. The van der Waals surface area contributed by atoms with E-state index in [4.69, 9.17) is 5.11 Å². The minimum absolute atomic E-state index is 0.280. The maximum absolute atomic E-state index is 10.7. The smallest absolute Gasteiger partial charge is 0.336 e. The molecule has 64 valence electrons. The number of hydrogen-bond donors (Lipinski definition) is 2. The highest BCUT2D eigenvalue weighted by molar-refractivity contribution is 7.08. The van der Waals surface area contributed by atoms with E-state index in [1.54, 1.807) is 5.38 Å². The Morgan fingerprint density at radius 3 is 2.92 bits per heavy atom. The molecule has 1 atom stereocenters. The molecule has 1 aliphatic heterocycles. The molecule has 0 spiro atoms. The lowest BCUT2D eigenvalue weighted by atomic mass is 9.97. The highest BCUT2D eigenvalue weighted by Gasteiger charge is 2.24. The average molecular weight is 183 g/mol. The molecule has 1 aromatic rings. The van der Waals surface area contributed by atoms with Crippen LogP contribution in [0.3, 0.4) is 0 Å². The van der Waals surface area contributed by atoms with Crippen LogP contribution >= 0.6 is 11.3 Å². The van der Waals surface area contributed by atoms with E-state index in [-0.39, 0.29) is 6.04 Å². The Kier molecular flexibility index (Phi) is 1.86. The van der Waals surface area contributed by atoms with Crippen LogP contribution in [0.2, 0.25) is 0 Å². The van der Waals surface area contributed by atoms with Crippen molar-refractivity contribution in [1.82, 2.24) is 5.32 Å². The predicted octanol–water partition coefficient (Wildman–Crippen LogP) is 1.48. The number of carboxylic acid groups (broad SMARTS) is 1. The van der Waals surface area contributed by atoms with Gasteiger partial charge >= 0.3 is 5.97 Å². The monoisotopic (exact) mass is 183 g/mol. The van der Waals surface area contributed by atoms with Crippen LogP contribution in [0.4, 0.5) is 0 Å². The van der Waals surface area contributed by atoms with Crippen LogP contribution in [0.15, 0.2) is 10.8 Å². The standard InChI is InChI=1S/C8H9NO2S/c10-8(11)6-4-12-3-5(6)7-1-2-9-7/h3-4,7,9H,1-2H2,(H,10,11)/t7-/m1/s1. The van der Waals surface area contributed by atoms with Gasteiger partial charge in [-0.2, -0.15) is 11.3 Å². The molecular formula is C8H9NO2S. The summed E-state index contributed by atoms with van der Waals surface area (Å²) in [6.07, 6.45) is 1.05. The summed E-state index contributed by atoms with van der Waals surface area (Å²) in [6, 6.07) is 0.280. The van der Waals surface area contributed by atoms with Crippen molar-refractivity contribution < 1.29 is 9.90 Å². The molecule has 1 aliphatic rings. The molecule has 0 aromatic carbocycles. The van der Waals surface area contributed by atoms with Gasteiger partial charge < -0.3 is 10.4 Å². The van der Waals surface area contributed by atoms with Gasteiger partial charge in [-0.3, -0.25) is 0 Å². The summed E-state index contributed by atoms with van der Waals surface area (Å²) in [7, 11) is 0. The van der Waals surface area contributed by atoms with E-state index < -0.39 is 5.97 Å². The third-order valence-corrected chi connectivity index (χ3v) is 2.88. The zero-order valence-corrected chi connectivity index (χ0v) is 7.23. The summed E-state index contributed by atoms with van der Waals surface area (Å²) in [4.78, 5) is 10.7. The van der Waals surface area contributed by atoms with Crippen molar-refractivity contribution >= 4 is 17.3 Å². The maximum Gasteiger partial charge on any atom is 0.336 e. The van der Waals surface area contributed by atoms with E-state index in [0.29, 0.717) is 5.56 Å². The van der Waals surface area contributed by atoms with Crippen molar-refractivity contribution in [3.8, 4) is 0 Å². The summed E-state index contributed by atoms with van der Waals surface area (Å²) in [5, 5.41) is 15.6. The molecule has 1 saturated heterocycles. The lowest BCUT2D eigenvalue weighted by Gasteiger charge is -2.27. The first-order valence-corrected chi connectivity index (χ1v) is 4.76. The van der Waals surface area contributed by atoms with E-state index in [9.17, 15) is 4.79 Å². The van der Waals surface area contributed by atoms with Gasteiger partial charge in [0.1, 0.15) is 0 Å². The molecule has 1 aromatic heterocycles. The predicted molar refractivity (Wildman–Crippen MR) is 46.6 cm³/mol. The largest absolute Gasteiger partial charge is 0.478 e. The number of aromatic carboxylic acids is 1. The molecule has 2 rings (SSSR count). The Labute approximate surface area is 74.0 Å². The molecule has 0 aliphatic carbocycles. The number of rotatable bonds is 2. The van der Waals surface area contributed by atoms with Gasteiger partial charge in [-0.1, -0.05) is 0 Å². The van der Waals surface area contributed by atoms with Gasteiger partial charge in [-0.25, -0.2) is 4.79 Å². The normalized spacial score (nSPS) is 21.8. The van der Waals surface area contributed by atoms with Gasteiger partial charge in [0.2, 0.25) is 0 Å². The summed E-state index contributed by atoms with van der Waals surface area (Å²) in [5.74, 6) is -0.819. The van der Waals surface area contributed by atoms with Crippen LogP contribution in [0.5, 0.6) is 0 Å². The van der Waals surface area contributed by atoms with Crippen molar-refractivity contribution in [3.05, 3.63) is 21.9 Å². The number of hydrogen-bond acceptors (Lipinski definition) is 3. The van der Waals surface area contributed by atoms with Crippen LogP contribution in [0.25, 0.3) is 0 Å². The fraction of sp³-hybridized carbons (Fsp3) is 0.375. The average Bonchev–Trinajstić information content (AvgIpc) is 2.31. The van der Waals surface area contributed by atoms with Crippen molar-refractivity contribution in [3.63, 3.8) is 0 Å². The second-order valence-electron chi connectivity index (χ2n) is 2.84. The zero-order valence-electron chi connectivity index (χ0n) is 6.41. The zero-order chi connectivity index (χ0) is 8.55. The fourth-order valence-electron chi connectivity index (χ4n) is 1.30. The highest BCUT2D eigenvalue weighted by atomic mass is 32.1. The van der Waals surface area contributed by atoms with Crippen molar-refractivity contribution in [2.45, 2.75) is 12.5 Å². The van der Waals surface area contributed by atoms with Crippen molar-refractivity contribution in [2.75, 3.05) is 6.54 Å². The Bertz CT molecular complexity index is 304. The van der Waals surface area contributed by atoms with Crippen LogP contribution in [0.1, 0.15) is 28.4 Å². The molecule has 0 saturated carbocycles. The Morgan fingerprint density at radius 1 is 1.67 bits per heavy atom. The molecule has 0 unspecified atom stereocenters. The molecule has 0 bridgehead atoms. The molecule has 12 heavy (non-hydrogen) atoms. The minimum atomic E-state index is -0.819. The molecular weight excluding hydrogens is 174 g/mol. The lowest BCUT2D eigenvalue weighted by molar-refractivity contribution is 0.0694. The lowest BCUT2D eigenvalue weighted by Crippen LogP contribution is -2.35. The van der Waals surface area contributed by atoms with Gasteiger partial charge in [0.15, 0.2) is 0 Å². The van der Waals surface area contributed by atoms with E-state index in [0.717, 1.165) is 18.5 Å². The van der Waals surface area contributed by atoms with E-state index in [1.807, 2.05) is 5.38 Å². The maximum atomic E-state index is 10.7. The van der Waals surface area contributed by atoms with Gasteiger partial charge in [0.05, 0.1) is 5.56 Å². The molecule has 3 nitrogen and oxygen atoms in total. The van der Waals surface area contributed by atoms with E-state index in [2.05, 4.69) is 5.32 Å². The van der Waals surface area contributed by atoms with E-state index >= 15 is 0 Å². The number of thiophene rings is 1. The molecule has 2 heterocycles. The number of carboxylic acids is 1. The summed E-state index contributed by atoms with van der Waals surface area (Å²) in [5.41, 5.74) is 1.40.